The Kier molecular flexibility index (Phi) is 9.46. The molecule has 1 aliphatic carbocycles. The van der Waals surface area contributed by atoms with Gasteiger partial charge in [-0.05, 0) is 99.0 Å². The van der Waals surface area contributed by atoms with E-state index in [1.165, 1.54) is 44.1 Å². The van der Waals surface area contributed by atoms with Gasteiger partial charge in [-0.2, -0.15) is 26.3 Å². The molecule has 1 aliphatic rings. The minimum Gasteiger partial charge on any atom is -0.396 e. The molecule has 2 aromatic carbocycles. The Balaban J connectivity index is 1.83. The van der Waals surface area contributed by atoms with Crippen LogP contribution >= 0.6 is 0 Å². The molecule has 0 spiro atoms. The van der Waals surface area contributed by atoms with Crippen molar-refractivity contribution in [2.75, 3.05) is 18.6 Å². The monoisotopic (exact) mass is 638 g/mol. The normalized spacial score (nSPS) is 19.4. The predicted molar refractivity (Wildman–Crippen MR) is 158 cm³/mol. The van der Waals surface area contributed by atoms with Crippen molar-refractivity contribution in [3.63, 3.8) is 0 Å². The van der Waals surface area contributed by atoms with Crippen LogP contribution < -0.4 is 4.90 Å². The van der Waals surface area contributed by atoms with E-state index in [1.54, 1.807) is 13.0 Å². The maximum absolute atomic E-state index is 14.1. The van der Waals surface area contributed by atoms with Gasteiger partial charge in [-0.1, -0.05) is 25.8 Å². The molecule has 1 heterocycles. The van der Waals surface area contributed by atoms with Gasteiger partial charge in [0.15, 0.2) is 0 Å². The van der Waals surface area contributed by atoms with Gasteiger partial charge >= 0.3 is 12.4 Å². The average Bonchev–Trinajstić information content (AvgIpc) is 2.95. The van der Waals surface area contributed by atoms with Crippen molar-refractivity contribution in [3.8, 4) is 11.1 Å². The van der Waals surface area contributed by atoms with Crippen LogP contribution in [0.15, 0.2) is 48.7 Å². The number of aliphatic hydroxyl groups is 1. The maximum atomic E-state index is 14.1. The number of alkyl halides is 6. The van der Waals surface area contributed by atoms with E-state index < -0.39 is 46.2 Å². The van der Waals surface area contributed by atoms with Crippen LogP contribution in [0.25, 0.3) is 11.1 Å². The Hall–Kier alpha value is -3.47. The first-order valence-corrected chi connectivity index (χ1v) is 14.7. The van der Waals surface area contributed by atoms with Crippen LogP contribution in [-0.2, 0) is 28.0 Å². The van der Waals surface area contributed by atoms with Crippen LogP contribution in [0.1, 0.15) is 80.8 Å². The van der Waals surface area contributed by atoms with Crippen molar-refractivity contribution >= 4 is 11.6 Å². The van der Waals surface area contributed by atoms with Gasteiger partial charge in [0, 0.05) is 30.3 Å². The zero-order chi connectivity index (χ0) is 33.5. The second kappa shape index (κ2) is 12.4. The number of amides is 1. The summed E-state index contributed by atoms with van der Waals surface area (Å²) in [5.74, 6) is -0.934. The molecule has 1 saturated carbocycles. The highest BCUT2D eigenvalue weighted by atomic mass is 19.4. The second-order valence-electron chi connectivity index (χ2n) is 12.9. The number of nitrogens with zero attached hydrogens (tertiary/aromatic N) is 2. The largest absolute Gasteiger partial charge is 0.416 e. The highest BCUT2D eigenvalue weighted by molar-refractivity contribution is 6.03. The third-order valence-corrected chi connectivity index (χ3v) is 9.11. The fourth-order valence-corrected chi connectivity index (χ4v) is 6.44. The van der Waals surface area contributed by atoms with Crippen LogP contribution in [0, 0.1) is 18.7 Å². The minimum atomic E-state index is -5.07. The van der Waals surface area contributed by atoms with Gasteiger partial charge in [-0.15, -0.1) is 0 Å². The van der Waals surface area contributed by atoms with Crippen molar-refractivity contribution in [2.45, 2.75) is 83.0 Å². The summed E-state index contributed by atoms with van der Waals surface area (Å²) in [7, 11) is 1.39. The predicted octanol–water partition coefficient (Wildman–Crippen LogP) is 9.00. The zero-order valence-corrected chi connectivity index (χ0v) is 25.8. The molecule has 1 aromatic heterocycles. The topological polar surface area (TPSA) is 53.4 Å². The van der Waals surface area contributed by atoms with E-state index in [0.717, 1.165) is 31.4 Å². The molecule has 3 aromatic rings. The molecule has 244 valence electrons. The molecule has 2 atom stereocenters. The molecule has 0 saturated heterocycles. The summed E-state index contributed by atoms with van der Waals surface area (Å²) in [4.78, 5) is 19.9. The Bertz CT molecular complexity index is 1530. The number of carbonyl (C=O) groups is 1. The zero-order valence-electron chi connectivity index (χ0n) is 25.8. The molecule has 0 bridgehead atoms. The molecule has 2 unspecified atom stereocenters. The van der Waals surface area contributed by atoms with Crippen LogP contribution in [-0.4, -0.2) is 29.7 Å². The lowest BCUT2D eigenvalue weighted by atomic mass is 9.68. The molecule has 1 N–H and O–H groups in total. The first-order chi connectivity index (χ1) is 20.8. The fraction of sp³-hybridized carbons (Fsp3) is 0.471. The van der Waals surface area contributed by atoms with E-state index in [9.17, 15) is 40.6 Å². The van der Waals surface area contributed by atoms with Gasteiger partial charge in [0.2, 0.25) is 5.91 Å². The molecular weight excluding hydrogens is 601 g/mol. The number of hydrogen-bond acceptors (Lipinski definition) is 3. The Morgan fingerprint density at radius 3 is 2.13 bits per heavy atom. The summed E-state index contributed by atoms with van der Waals surface area (Å²) >= 11 is 0. The van der Waals surface area contributed by atoms with E-state index >= 15 is 0 Å². The third kappa shape index (κ3) is 7.18. The van der Waals surface area contributed by atoms with E-state index in [-0.39, 0.29) is 23.8 Å². The molecular formula is C34H37F7N2O2. The molecule has 0 aliphatic heterocycles. The number of likely N-dealkylation sites (N-methyl/N-ethyl adjacent to an activating group) is 1. The highest BCUT2D eigenvalue weighted by Crippen LogP contribution is 2.45. The molecule has 11 heteroatoms. The number of aryl methyl sites for hydroxylation is 1. The third-order valence-electron chi connectivity index (χ3n) is 9.11. The molecule has 0 radical (unpaired) electrons. The second-order valence-corrected chi connectivity index (χ2v) is 12.9. The number of rotatable bonds is 7. The van der Waals surface area contributed by atoms with Crippen molar-refractivity contribution in [1.29, 1.82) is 0 Å². The lowest BCUT2D eigenvalue weighted by molar-refractivity contribution is -0.143. The number of benzene rings is 2. The van der Waals surface area contributed by atoms with E-state index in [0.29, 0.717) is 41.2 Å². The first-order valence-electron chi connectivity index (χ1n) is 14.7. The van der Waals surface area contributed by atoms with Crippen molar-refractivity contribution in [2.24, 2.45) is 5.92 Å². The molecule has 1 amide bonds. The Morgan fingerprint density at radius 2 is 1.58 bits per heavy atom. The quantitative estimate of drug-likeness (QED) is 0.263. The summed E-state index contributed by atoms with van der Waals surface area (Å²) in [6.45, 7) is 6.41. The van der Waals surface area contributed by atoms with Crippen LogP contribution in [0.4, 0.5) is 36.4 Å². The van der Waals surface area contributed by atoms with Gasteiger partial charge in [0.25, 0.3) is 0 Å². The van der Waals surface area contributed by atoms with Gasteiger partial charge < -0.3 is 10.0 Å². The standard InChI is InChI=1S/C34H37F7N2O2/c1-20-13-25(35)8-9-26(20)27-17-29(32(4)11-6-7-21(18-32)10-12-44)42-19-28(27)43(5)30(45)31(2,3)22-14-23(33(36,37)38)16-24(15-22)34(39,40)41/h8-9,13-17,19,21,44H,6-7,10-12,18H2,1-5H3. The Labute approximate surface area is 258 Å². The fourth-order valence-electron chi connectivity index (χ4n) is 6.44. The molecule has 1 fully saturated rings. The van der Waals surface area contributed by atoms with Crippen molar-refractivity contribution < 1.29 is 40.6 Å². The summed E-state index contributed by atoms with van der Waals surface area (Å²) in [5, 5.41) is 9.52. The average molecular weight is 639 g/mol. The smallest absolute Gasteiger partial charge is 0.396 e. The summed E-state index contributed by atoms with van der Waals surface area (Å²) in [6.07, 6.45) is -4.47. The number of anilines is 1. The van der Waals surface area contributed by atoms with Crippen LogP contribution in [0.5, 0.6) is 0 Å². The molecule has 4 nitrogen and oxygen atoms in total. The lowest BCUT2D eigenvalue weighted by Gasteiger charge is -2.38. The Morgan fingerprint density at radius 1 is 0.978 bits per heavy atom. The SMILES string of the molecule is Cc1cc(F)ccc1-c1cc(C2(C)CCCC(CCO)C2)ncc1N(C)C(=O)C(C)(C)c1cc(C(F)(F)F)cc(C(F)(F)F)c1. The number of pyridine rings is 1. The first kappa shape index (κ1) is 34.4. The highest BCUT2D eigenvalue weighted by Gasteiger charge is 2.42. The minimum absolute atomic E-state index is 0.0305. The molecule has 4 rings (SSSR count). The van der Waals surface area contributed by atoms with Crippen LogP contribution in [0.2, 0.25) is 0 Å². The summed E-state index contributed by atoms with van der Waals surface area (Å²) in [6, 6.07) is 7.18. The van der Waals surface area contributed by atoms with Gasteiger partial charge in [0.05, 0.1) is 28.4 Å². The summed E-state index contributed by atoms with van der Waals surface area (Å²) < 4.78 is 95.9. The van der Waals surface area contributed by atoms with Gasteiger partial charge in [0.1, 0.15) is 5.82 Å². The van der Waals surface area contributed by atoms with Gasteiger partial charge in [-0.25, -0.2) is 4.39 Å². The van der Waals surface area contributed by atoms with E-state index in [2.05, 4.69) is 6.92 Å². The van der Waals surface area contributed by atoms with E-state index in [1.807, 2.05) is 6.07 Å². The number of halogens is 7. The number of aliphatic hydroxyl groups excluding tert-OH is 1. The number of carbonyl (C=O) groups excluding carboxylic acids is 1. The maximum Gasteiger partial charge on any atom is 0.416 e. The van der Waals surface area contributed by atoms with Crippen LogP contribution in [0.3, 0.4) is 0 Å². The molecule has 45 heavy (non-hydrogen) atoms. The summed E-state index contributed by atoms with van der Waals surface area (Å²) in [5.41, 5.74) is -2.96. The number of aromatic nitrogens is 1. The number of hydrogen-bond donors (Lipinski definition) is 1. The van der Waals surface area contributed by atoms with Gasteiger partial charge in [-0.3, -0.25) is 9.78 Å². The van der Waals surface area contributed by atoms with Crippen molar-refractivity contribution in [1.82, 2.24) is 4.98 Å². The lowest BCUT2D eigenvalue weighted by Crippen LogP contribution is -2.42. The van der Waals surface area contributed by atoms with E-state index in [4.69, 9.17) is 4.98 Å². The van der Waals surface area contributed by atoms with Crippen molar-refractivity contribution in [3.05, 3.63) is 82.4 Å².